The highest BCUT2D eigenvalue weighted by molar-refractivity contribution is 14.1. The first-order valence-corrected chi connectivity index (χ1v) is 17.9. The molecule has 2 saturated heterocycles. The molecule has 2 amide bonds. The van der Waals surface area contributed by atoms with E-state index in [1.165, 1.54) is 0 Å². The summed E-state index contributed by atoms with van der Waals surface area (Å²) in [5, 5.41) is 0. The summed E-state index contributed by atoms with van der Waals surface area (Å²) in [4.78, 5) is 37.2. The Morgan fingerprint density at radius 2 is 1.21 bits per heavy atom. The number of benzene rings is 2. The Kier molecular flexibility index (Phi) is 9.04. The fourth-order valence-corrected chi connectivity index (χ4v) is 7.10. The molecule has 4 aromatic rings. The van der Waals surface area contributed by atoms with Gasteiger partial charge in [0.1, 0.15) is 49.6 Å². The number of nitrogens with zero attached hydrogens (tertiary/aromatic N) is 6. The summed E-state index contributed by atoms with van der Waals surface area (Å²) < 4.78 is 28.3. The van der Waals surface area contributed by atoms with Crippen molar-refractivity contribution in [2.24, 2.45) is 11.8 Å². The molecular formula is C34H36BrIN6O6. The Morgan fingerprint density at radius 1 is 0.729 bits per heavy atom. The van der Waals surface area contributed by atoms with Crippen LogP contribution in [0.3, 0.4) is 0 Å². The van der Waals surface area contributed by atoms with Gasteiger partial charge in [-0.05, 0) is 70.8 Å². The van der Waals surface area contributed by atoms with Crippen molar-refractivity contribution in [3.8, 4) is 34.3 Å². The van der Waals surface area contributed by atoms with E-state index in [1.807, 2.05) is 53.4 Å². The van der Waals surface area contributed by atoms with E-state index < -0.39 is 0 Å². The fraction of sp³-hybridized carbons (Fsp3) is 0.412. The smallest absolute Gasteiger partial charge is 0.415 e. The molecule has 0 spiro atoms. The van der Waals surface area contributed by atoms with E-state index in [9.17, 15) is 9.59 Å². The number of rotatable bonds is 4. The number of aromatic nitrogens is 4. The zero-order chi connectivity index (χ0) is 33.7. The lowest BCUT2D eigenvalue weighted by Crippen LogP contribution is -2.37. The number of carbonyl (C=O) groups is 2. The van der Waals surface area contributed by atoms with Gasteiger partial charge in [0.2, 0.25) is 0 Å². The van der Waals surface area contributed by atoms with Crippen molar-refractivity contribution in [2.75, 3.05) is 36.2 Å². The standard InChI is InChI=1S/C17H18BrN3O3.C17H18IN3O3/c2*1-10(2)13-9-24-17(22)21(13)15-8-20-5-6-23-14-7-11(18)3-4-12(14)16(20)19-15/h2*3-4,7-8,10,13H,5-6,9H2,1-2H3/t2*13-/m00/s1. The minimum absolute atomic E-state index is 0.0114. The van der Waals surface area contributed by atoms with Crippen molar-refractivity contribution in [3.63, 3.8) is 0 Å². The van der Waals surface area contributed by atoms with Crippen LogP contribution in [0.4, 0.5) is 21.2 Å². The van der Waals surface area contributed by atoms with Crippen molar-refractivity contribution in [1.82, 2.24) is 19.1 Å². The van der Waals surface area contributed by atoms with Crippen LogP contribution in [0.15, 0.2) is 53.3 Å². The molecule has 8 rings (SSSR count). The normalized spacial score (nSPS) is 19.6. The molecule has 2 atom stereocenters. The predicted molar refractivity (Wildman–Crippen MR) is 192 cm³/mol. The topological polar surface area (TPSA) is 113 Å². The first-order valence-electron chi connectivity index (χ1n) is 16.0. The maximum atomic E-state index is 12.2. The van der Waals surface area contributed by atoms with Gasteiger partial charge in [0.25, 0.3) is 0 Å². The van der Waals surface area contributed by atoms with Crippen LogP contribution in [0.1, 0.15) is 27.7 Å². The van der Waals surface area contributed by atoms with Gasteiger partial charge in [0.15, 0.2) is 11.6 Å². The Bertz CT molecular complexity index is 1740. The predicted octanol–water partition coefficient (Wildman–Crippen LogP) is 7.21. The number of ether oxygens (including phenoxy) is 4. The van der Waals surface area contributed by atoms with Crippen molar-refractivity contribution < 1.29 is 28.5 Å². The van der Waals surface area contributed by atoms with Gasteiger partial charge in [-0.25, -0.2) is 19.6 Å². The highest BCUT2D eigenvalue weighted by Gasteiger charge is 2.39. The third-order valence-corrected chi connectivity index (χ3v) is 10.1. The van der Waals surface area contributed by atoms with Crippen LogP contribution < -0.4 is 19.3 Å². The first kappa shape index (κ1) is 32.7. The molecule has 0 N–H and O–H groups in total. The average Bonchev–Trinajstić information content (AvgIpc) is 3.80. The van der Waals surface area contributed by atoms with Crippen molar-refractivity contribution in [2.45, 2.75) is 52.9 Å². The number of anilines is 2. The molecule has 0 radical (unpaired) electrons. The summed E-state index contributed by atoms with van der Waals surface area (Å²) in [6.45, 7) is 11.7. The molecule has 4 aliphatic heterocycles. The summed E-state index contributed by atoms with van der Waals surface area (Å²) in [7, 11) is 0. The number of halogens is 2. The molecule has 2 aromatic heterocycles. The summed E-state index contributed by atoms with van der Waals surface area (Å²) in [5.41, 5.74) is 1.88. The largest absolute Gasteiger partial charge is 0.491 e. The monoisotopic (exact) mass is 830 g/mol. The van der Waals surface area contributed by atoms with E-state index in [-0.39, 0.29) is 24.3 Å². The summed E-state index contributed by atoms with van der Waals surface area (Å²) >= 11 is 5.74. The molecule has 4 aliphatic rings. The van der Waals surface area contributed by atoms with Gasteiger partial charge < -0.3 is 28.1 Å². The minimum Gasteiger partial charge on any atom is -0.491 e. The number of fused-ring (bicyclic) bond motifs is 6. The number of hydrogen-bond acceptors (Lipinski definition) is 8. The quantitative estimate of drug-likeness (QED) is 0.199. The molecule has 14 heteroatoms. The van der Waals surface area contributed by atoms with E-state index >= 15 is 0 Å². The average molecular weight is 832 g/mol. The van der Waals surface area contributed by atoms with Crippen LogP contribution in [-0.4, -0.2) is 69.8 Å². The molecule has 252 valence electrons. The van der Waals surface area contributed by atoms with Crippen molar-refractivity contribution >= 4 is 62.3 Å². The lowest BCUT2D eigenvalue weighted by molar-refractivity contribution is 0.176. The second kappa shape index (κ2) is 13.3. The highest BCUT2D eigenvalue weighted by atomic mass is 127. The van der Waals surface area contributed by atoms with E-state index in [1.54, 1.807) is 9.80 Å². The molecule has 0 unspecified atom stereocenters. The van der Waals surface area contributed by atoms with Crippen LogP contribution in [0.25, 0.3) is 22.8 Å². The summed E-state index contributed by atoms with van der Waals surface area (Å²) in [6, 6.07) is 12.0. The maximum absolute atomic E-state index is 12.2. The number of cyclic esters (lactones) is 2. The zero-order valence-corrected chi connectivity index (χ0v) is 30.8. The second-order valence-electron chi connectivity index (χ2n) is 12.7. The van der Waals surface area contributed by atoms with Gasteiger partial charge in [-0.15, -0.1) is 0 Å². The Balaban J connectivity index is 0.000000152. The van der Waals surface area contributed by atoms with E-state index in [0.29, 0.717) is 63.0 Å². The lowest BCUT2D eigenvalue weighted by atomic mass is 10.1. The molecular weight excluding hydrogens is 795 g/mol. The maximum Gasteiger partial charge on any atom is 0.415 e. The van der Waals surface area contributed by atoms with Crippen LogP contribution in [0, 0.1) is 15.4 Å². The Hall–Kier alpha value is -3.79. The molecule has 2 aromatic carbocycles. The molecule has 0 saturated carbocycles. The van der Waals surface area contributed by atoms with Gasteiger partial charge in [-0.1, -0.05) is 43.6 Å². The third-order valence-electron chi connectivity index (χ3n) is 8.92. The van der Waals surface area contributed by atoms with Crippen LogP contribution >= 0.6 is 38.5 Å². The molecule has 0 aliphatic carbocycles. The van der Waals surface area contributed by atoms with Gasteiger partial charge in [0.05, 0.1) is 36.3 Å². The van der Waals surface area contributed by atoms with Gasteiger partial charge in [-0.3, -0.25) is 9.80 Å². The summed E-state index contributed by atoms with van der Waals surface area (Å²) in [5.74, 6) is 5.16. The summed E-state index contributed by atoms with van der Waals surface area (Å²) in [6.07, 6.45) is 3.20. The number of hydrogen-bond donors (Lipinski definition) is 0. The Morgan fingerprint density at radius 3 is 1.71 bits per heavy atom. The number of imidazole rings is 2. The second-order valence-corrected chi connectivity index (χ2v) is 14.9. The number of amides is 2. The van der Waals surface area contributed by atoms with E-state index in [2.05, 4.69) is 70.8 Å². The van der Waals surface area contributed by atoms with E-state index in [4.69, 9.17) is 28.9 Å². The molecule has 2 fully saturated rings. The highest BCUT2D eigenvalue weighted by Crippen LogP contribution is 2.38. The lowest BCUT2D eigenvalue weighted by Gasteiger charge is -2.21. The third kappa shape index (κ3) is 6.12. The fourth-order valence-electron chi connectivity index (χ4n) is 6.30. The first-order chi connectivity index (χ1) is 23.1. The van der Waals surface area contributed by atoms with Gasteiger partial charge >= 0.3 is 12.2 Å². The van der Waals surface area contributed by atoms with Crippen LogP contribution in [0.2, 0.25) is 0 Å². The Labute approximate surface area is 300 Å². The molecule has 6 heterocycles. The van der Waals surface area contributed by atoms with Crippen LogP contribution in [-0.2, 0) is 22.6 Å². The molecule has 12 nitrogen and oxygen atoms in total. The van der Waals surface area contributed by atoms with Gasteiger partial charge in [0, 0.05) is 20.4 Å². The minimum atomic E-state index is -0.325. The molecule has 0 bridgehead atoms. The van der Waals surface area contributed by atoms with Crippen molar-refractivity contribution in [1.29, 1.82) is 0 Å². The van der Waals surface area contributed by atoms with Crippen molar-refractivity contribution in [3.05, 3.63) is 56.8 Å². The molecule has 48 heavy (non-hydrogen) atoms. The zero-order valence-electron chi connectivity index (χ0n) is 27.1. The van der Waals surface area contributed by atoms with Crippen LogP contribution in [0.5, 0.6) is 11.5 Å². The number of carbonyl (C=O) groups excluding carboxylic acids is 2. The van der Waals surface area contributed by atoms with Gasteiger partial charge in [-0.2, -0.15) is 0 Å². The van der Waals surface area contributed by atoms with E-state index in [0.717, 1.165) is 42.3 Å². The SMILES string of the molecule is CC(C)[C@@H]1COC(=O)N1c1cn2c(n1)-c1ccc(Br)cc1OCC2.CC(C)[C@@H]1COC(=O)N1c1cn2c(n1)-c1ccc(I)cc1OCC2.